The smallest absolute Gasteiger partial charge is 0.437 e. The maximum atomic E-state index is 13.5. The first-order valence-corrected chi connectivity index (χ1v) is 13.4. The van der Waals surface area contributed by atoms with Crippen molar-refractivity contribution in [3.8, 4) is 22.5 Å². The van der Waals surface area contributed by atoms with Gasteiger partial charge in [-0.25, -0.2) is 28.2 Å². The van der Waals surface area contributed by atoms with Gasteiger partial charge >= 0.3 is 12.3 Å². The van der Waals surface area contributed by atoms with Gasteiger partial charge in [-0.05, 0) is 29.8 Å². The molecule has 14 heteroatoms. The molecule has 0 unspecified atom stereocenters. The average molecular weight is 569 g/mol. The van der Waals surface area contributed by atoms with E-state index in [4.69, 9.17) is 10.5 Å². The Labute approximate surface area is 225 Å². The number of nitrogen functional groups attached to an aromatic ring is 1. The van der Waals surface area contributed by atoms with Gasteiger partial charge in [0.15, 0.2) is 11.5 Å². The third-order valence-corrected chi connectivity index (χ3v) is 6.63. The minimum Gasteiger partial charge on any atom is -0.443 e. The van der Waals surface area contributed by atoms with E-state index in [1.165, 1.54) is 30.5 Å². The molecule has 2 aromatic carbocycles. The number of alkyl halides is 3. The summed E-state index contributed by atoms with van der Waals surface area (Å²) in [5.41, 5.74) is 5.96. The standard InChI is InChI=1S/C26H19F3N6O4S/c1-40(37,38)24-31-11-10-20(32-24)18-13-19-22(30)34-35(25(36)39-14-15-6-3-2-4-7-15)23(19)33-21(18)16-8-5-9-17(12-16)26(27,28)29/h2-13H,14H2,1H3,(H2,30,34). The molecule has 3 aromatic heterocycles. The monoisotopic (exact) mass is 568 g/mol. The fourth-order valence-electron chi connectivity index (χ4n) is 3.90. The van der Waals surface area contributed by atoms with E-state index in [0.717, 1.165) is 23.1 Å². The summed E-state index contributed by atoms with van der Waals surface area (Å²) in [7, 11) is -3.82. The Bertz CT molecular complexity index is 1860. The van der Waals surface area contributed by atoms with Crippen LogP contribution in [0.25, 0.3) is 33.5 Å². The first-order valence-electron chi connectivity index (χ1n) is 11.5. The first-order chi connectivity index (χ1) is 18.9. The van der Waals surface area contributed by atoms with Crippen molar-refractivity contribution in [3.63, 3.8) is 0 Å². The molecular formula is C26H19F3N6O4S. The van der Waals surface area contributed by atoms with Crippen molar-refractivity contribution in [2.75, 3.05) is 12.0 Å². The quantitative estimate of drug-likeness (QED) is 0.297. The van der Waals surface area contributed by atoms with E-state index in [1.54, 1.807) is 30.3 Å². The molecule has 0 saturated carbocycles. The van der Waals surface area contributed by atoms with Gasteiger partial charge in [0.2, 0.25) is 15.0 Å². The molecule has 5 rings (SSSR count). The summed E-state index contributed by atoms with van der Waals surface area (Å²) in [5, 5.41) is 3.71. The van der Waals surface area contributed by atoms with Gasteiger partial charge in [-0.2, -0.15) is 13.2 Å². The van der Waals surface area contributed by atoms with Gasteiger partial charge in [-0.1, -0.05) is 42.5 Å². The van der Waals surface area contributed by atoms with Gasteiger partial charge in [-0.3, -0.25) is 0 Å². The van der Waals surface area contributed by atoms with Crippen LogP contribution in [0.15, 0.2) is 78.1 Å². The zero-order chi connectivity index (χ0) is 28.7. The number of nitrogens with two attached hydrogens (primary N) is 1. The van der Waals surface area contributed by atoms with Gasteiger partial charge in [0.05, 0.1) is 22.3 Å². The number of hydrogen-bond acceptors (Lipinski definition) is 9. The Morgan fingerprint density at radius 2 is 1.77 bits per heavy atom. The number of nitrogens with zero attached hydrogens (tertiary/aromatic N) is 5. The second-order valence-electron chi connectivity index (χ2n) is 8.67. The molecule has 0 spiro atoms. The number of ether oxygens (including phenoxy) is 1. The van der Waals surface area contributed by atoms with Gasteiger partial charge in [0, 0.05) is 23.6 Å². The number of fused-ring (bicyclic) bond motifs is 1. The van der Waals surface area contributed by atoms with Crippen LogP contribution in [0.3, 0.4) is 0 Å². The van der Waals surface area contributed by atoms with Crippen molar-refractivity contribution in [2.45, 2.75) is 17.9 Å². The molecule has 0 radical (unpaired) electrons. The number of hydrogen-bond donors (Lipinski definition) is 1. The van der Waals surface area contributed by atoms with Gasteiger partial charge in [-0.15, -0.1) is 9.78 Å². The van der Waals surface area contributed by atoms with E-state index in [-0.39, 0.29) is 46.0 Å². The molecule has 204 valence electrons. The number of aromatic nitrogens is 5. The molecule has 0 saturated heterocycles. The SMILES string of the molecule is CS(=O)(=O)c1nccc(-c2cc3c(N)nn(C(=O)OCc4ccccc4)c3nc2-c2cccc(C(F)(F)F)c2)n1. The van der Waals surface area contributed by atoms with Crippen molar-refractivity contribution in [3.05, 3.63) is 84.1 Å². The van der Waals surface area contributed by atoms with E-state index in [0.29, 0.717) is 5.56 Å². The third-order valence-electron chi connectivity index (χ3n) is 5.77. The summed E-state index contributed by atoms with van der Waals surface area (Å²) in [6, 6.07) is 16.1. The number of anilines is 1. The highest BCUT2D eigenvalue weighted by Crippen LogP contribution is 2.37. The van der Waals surface area contributed by atoms with Crippen LogP contribution in [0, 0.1) is 0 Å². The van der Waals surface area contributed by atoms with E-state index >= 15 is 0 Å². The molecule has 0 aliphatic carbocycles. The molecule has 0 bridgehead atoms. The van der Waals surface area contributed by atoms with Crippen LogP contribution >= 0.6 is 0 Å². The second kappa shape index (κ2) is 10.0. The van der Waals surface area contributed by atoms with Crippen molar-refractivity contribution < 1.29 is 31.1 Å². The lowest BCUT2D eigenvalue weighted by Gasteiger charge is -2.13. The molecule has 0 aliphatic heterocycles. The number of pyridine rings is 1. The normalized spacial score (nSPS) is 12.0. The van der Waals surface area contributed by atoms with Crippen molar-refractivity contribution >= 4 is 32.8 Å². The lowest BCUT2D eigenvalue weighted by molar-refractivity contribution is -0.137. The Hall–Kier alpha value is -4.85. The molecule has 3 heterocycles. The molecule has 2 N–H and O–H groups in total. The number of benzene rings is 2. The van der Waals surface area contributed by atoms with Gasteiger partial charge in [0.25, 0.3) is 0 Å². The topological polar surface area (TPSA) is 143 Å². The number of carbonyl (C=O) groups is 1. The Morgan fingerprint density at radius 1 is 1.02 bits per heavy atom. The molecule has 10 nitrogen and oxygen atoms in total. The molecule has 0 aliphatic rings. The molecule has 5 aromatic rings. The minimum absolute atomic E-state index is 0.0233. The van der Waals surface area contributed by atoms with Crippen LogP contribution < -0.4 is 5.73 Å². The zero-order valence-corrected chi connectivity index (χ0v) is 21.4. The zero-order valence-electron chi connectivity index (χ0n) is 20.6. The van der Waals surface area contributed by atoms with Crippen molar-refractivity contribution in [1.82, 2.24) is 24.7 Å². The predicted molar refractivity (Wildman–Crippen MR) is 139 cm³/mol. The van der Waals surface area contributed by atoms with E-state index < -0.39 is 32.8 Å². The van der Waals surface area contributed by atoms with Crippen LogP contribution in [-0.2, 0) is 27.4 Å². The molecule has 0 amide bonds. The maximum absolute atomic E-state index is 13.5. The minimum atomic E-state index is -4.65. The van der Waals surface area contributed by atoms with Crippen molar-refractivity contribution in [2.24, 2.45) is 0 Å². The predicted octanol–water partition coefficient (Wildman–Crippen LogP) is 4.74. The lowest BCUT2D eigenvalue weighted by atomic mass is 10.00. The van der Waals surface area contributed by atoms with E-state index in [1.807, 2.05) is 0 Å². The largest absolute Gasteiger partial charge is 0.443 e. The Balaban J connectivity index is 1.70. The molecule has 0 atom stereocenters. The summed E-state index contributed by atoms with van der Waals surface area (Å²) >= 11 is 0. The number of sulfone groups is 1. The number of rotatable bonds is 5. The van der Waals surface area contributed by atoms with Crippen LogP contribution in [0.4, 0.5) is 23.8 Å². The van der Waals surface area contributed by atoms with Crippen molar-refractivity contribution in [1.29, 1.82) is 0 Å². The lowest BCUT2D eigenvalue weighted by Crippen LogP contribution is -2.16. The highest BCUT2D eigenvalue weighted by atomic mass is 32.2. The summed E-state index contributed by atoms with van der Waals surface area (Å²) in [6.07, 6.45) is -3.44. The molecular weight excluding hydrogens is 549 g/mol. The highest BCUT2D eigenvalue weighted by molar-refractivity contribution is 7.90. The number of carbonyl (C=O) groups excluding carboxylic acids is 1. The second-order valence-corrected chi connectivity index (χ2v) is 10.6. The van der Waals surface area contributed by atoms with Crippen LogP contribution in [0.5, 0.6) is 0 Å². The maximum Gasteiger partial charge on any atom is 0.437 e. The average Bonchev–Trinajstić information content (AvgIpc) is 3.26. The summed E-state index contributed by atoms with van der Waals surface area (Å²) in [6.45, 7) is -0.0747. The van der Waals surface area contributed by atoms with Crippen LogP contribution in [0.1, 0.15) is 11.1 Å². The van der Waals surface area contributed by atoms with Gasteiger partial charge < -0.3 is 10.5 Å². The summed E-state index contributed by atoms with van der Waals surface area (Å²) < 4.78 is 71.0. The molecule has 40 heavy (non-hydrogen) atoms. The van der Waals surface area contributed by atoms with E-state index in [9.17, 15) is 26.4 Å². The van der Waals surface area contributed by atoms with Crippen LogP contribution in [0.2, 0.25) is 0 Å². The summed E-state index contributed by atoms with van der Waals surface area (Å²) in [4.78, 5) is 25.3. The molecule has 0 fully saturated rings. The van der Waals surface area contributed by atoms with Gasteiger partial charge in [0.1, 0.15) is 6.61 Å². The number of halogens is 3. The van der Waals surface area contributed by atoms with E-state index in [2.05, 4.69) is 20.1 Å². The Morgan fingerprint density at radius 3 is 2.48 bits per heavy atom. The third kappa shape index (κ3) is 5.33. The Kier molecular flexibility index (Phi) is 6.71. The fourth-order valence-corrected chi connectivity index (χ4v) is 4.41. The van der Waals surface area contributed by atoms with Crippen LogP contribution in [-0.4, -0.2) is 45.5 Å². The summed E-state index contributed by atoms with van der Waals surface area (Å²) in [5.74, 6) is -0.117. The first kappa shape index (κ1) is 26.7. The highest BCUT2D eigenvalue weighted by Gasteiger charge is 2.31. The fraction of sp³-hybridized carbons (Fsp3) is 0.115.